The quantitative estimate of drug-likeness (QED) is 0.866. The lowest BCUT2D eigenvalue weighted by Gasteiger charge is -2.11. The van der Waals surface area contributed by atoms with Crippen LogP contribution in [0.15, 0.2) is 28.7 Å². The molecule has 1 aromatic heterocycles. The molecule has 19 heavy (non-hydrogen) atoms. The Balaban J connectivity index is 2.21. The van der Waals surface area contributed by atoms with E-state index in [2.05, 4.69) is 27.3 Å². The van der Waals surface area contributed by atoms with Crippen molar-refractivity contribution < 1.29 is 4.74 Å². The van der Waals surface area contributed by atoms with E-state index in [0.29, 0.717) is 23.5 Å². The van der Waals surface area contributed by atoms with Crippen LogP contribution >= 0.6 is 38.9 Å². The van der Waals surface area contributed by atoms with E-state index in [1.807, 2.05) is 12.1 Å². The van der Waals surface area contributed by atoms with E-state index in [1.165, 1.54) is 11.3 Å². The summed E-state index contributed by atoms with van der Waals surface area (Å²) >= 11 is 10.9. The van der Waals surface area contributed by atoms with Crippen LogP contribution < -0.4 is 10.1 Å². The zero-order valence-corrected chi connectivity index (χ0v) is 13.2. The van der Waals surface area contributed by atoms with Crippen LogP contribution in [0, 0.1) is 11.3 Å². The van der Waals surface area contributed by atoms with Gasteiger partial charge in [0.05, 0.1) is 18.4 Å². The highest BCUT2D eigenvalue weighted by Gasteiger charge is 2.10. The first-order chi connectivity index (χ1) is 9.15. The van der Waals surface area contributed by atoms with Gasteiger partial charge in [-0.1, -0.05) is 17.7 Å². The molecule has 1 aromatic carbocycles. The Hall–Kier alpha value is -1.22. The number of hydrogen-bond acceptors (Lipinski definition) is 4. The van der Waals surface area contributed by atoms with Crippen molar-refractivity contribution in [2.75, 3.05) is 12.4 Å². The molecule has 2 aromatic rings. The topological polar surface area (TPSA) is 45.0 Å². The number of nitrogens with zero attached hydrogens (tertiary/aromatic N) is 1. The SMILES string of the molecule is COc1cccc(C#N)c1NCc1cc(Br)c(Cl)s1. The van der Waals surface area contributed by atoms with Gasteiger partial charge >= 0.3 is 0 Å². The Morgan fingerprint density at radius 2 is 2.32 bits per heavy atom. The summed E-state index contributed by atoms with van der Waals surface area (Å²) in [6.07, 6.45) is 0. The third-order valence-corrected chi connectivity index (χ3v) is 4.98. The van der Waals surface area contributed by atoms with Gasteiger partial charge in [-0.25, -0.2) is 0 Å². The maximum atomic E-state index is 9.11. The number of methoxy groups -OCH3 is 1. The molecule has 6 heteroatoms. The van der Waals surface area contributed by atoms with Crippen LogP contribution in [-0.2, 0) is 6.54 Å². The molecule has 0 saturated heterocycles. The predicted molar refractivity (Wildman–Crippen MR) is 82.1 cm³/mol. The minimum absolute atomic E-state index is 0.557. The van der Waals surface area contributed by atoms with E-state index < -0.39 is 0 Å². The van der Waals surface area contributed by atoms with E-state index in [1.54, 1.807) is 19.2 Å². The molecule has 1 heterocycles. The second-order valence-corrected chi connectivity index (χ2v) is 6.28. The Kier molecular flexibility index (Phi) is 4.70. The first kappa shape index (κ1) is 14.2. The van der Waals surface area contributed by atoms with Gasteiger partial charge in [-0.05, 0) is 34.1 Å². The number of ether oxygens (including phenoxy) is 1. The normalized spacial score (nSPS) is 10.0. The number of thiophene rings is 1. The molecule has 2 rings (SSSR count). The van der Waals surface area contributed by atoms with Gasteiger partial charge in [0.1, 0.15) is 16.2 Å². The van der Waals surface area contributed by atoms with Crippen LogP contribution in [0.2, 0.25) is 4.34 Å². The van der Waals surface area contributed by atoms with Crippen molar-refractivity contribution in [2.24, 2.45) is 0 Å². The second kappa shape index (κ2) is 6.29. The summed E-state index contributed by atoms with van der Waals surface area (Å²) in [6.45, 7) is 0.588. The molecule has 0 fully saturated rings. The van der Waals surface area contributed by atoms with E-state index >= 15 is 0 Å². The maximum absolute atomic E-state index is 9.11. The first-order valence-corrected chi connectivity index (χ1v) is 7.39. The van der Waals surface area contributed by atoms with Crippen LogP contribution in [0.1, 0.15) is 10.4 Å². The highest BCUT2D eigenvalue weighted by Crippen LogP contribution is 2.33. The highest BCUT2D eigenvalue weighted by atomic mass is 79.9. The summed E-state index contributed by atoms with van der Waals surface area (Å²) in [4.78, 5) is 1.08. The molecule has 3 nitrogen and oxygen atoms in total. The number of para-hydroxylation sites is 1. The van der Waals surface area contributed by atoms with Gasteiger partial charge in [-0.15, -0.1) is 11.3 Å². The van der Waals surface area contributed by atoms with Crippen LogP contribution in [-0.4, -0.2) is 7.11 Å². The molecule has 98 valence electrons. The van der Waals surface area contributed by atoms with Crippen molar-refractivity contribution in [1.82, 2.24) is 0 Å². The number of rotatable bonds is 4. The Bertz CT molecular complexity index is 617. The van der Waals surface area contributed by atoms with Gasteiger partial charge in [0.15, 0.2) is 0 Å². The lowest BCUT2D eigenvalue weighted by atomic mass is 10.2. The van der Waals surface area contributed by atoms with Gasteiger partial charge in [0.25, 0.3) is 0 Å². The van der Waals surface area contributed by atoms with Gasteiger partial charge < -0.3 is 10.1 Å². The summed E-state index contributed by atoms with van der Waals surface area (Å²) in [5, 5.41) is 12.3. The Morgan fingerprint density at radius 1 is 1.53 bits per heavy atom. The number of halogens is 2. The van der Waals surface area contributed by atoms with E-state index in [-0.39, 0.29) is 0 Å². The minimum Gasteiger partial charge on any atom is -0.495 e. The van der Waals surface area contributed by atoms with E-state index in [9.17, 15) is 0 Å². The molecule has 1 N–H and O–H groups in total. The lowest BCUT2D eigenvalue weighted by Crippen LogP contribution is -2.02. The van der Waals surface area contributed by atoms with Gasteiger partial charge in [0, 0.05) is 15.9 Å². The number of nitriles is 1. The fraction of sp³-hybridized carbons (Fsp3) is 0.154. The molecule has 0 unspecified atom stereocenters. The summed E-state index contributed by atoms with van der Waals surface area (Å²) in [7, 11) is 1.58. The van der Waals surface area contributed by atoms with Crippen LogP contribution in [0.4, 0.5) is 5.69 Å². The Labute approximate surface area is 128 Å². The second-order valence-electron chi connectivity index (χ2n) is 3.68. The molecule has 0 amide bonds. The number of nitrogens with one attached hydrogen (secondary N) is 1. The zero-order valence-electron chi connectivity index (χ0n) is 10.0. The molecule has 0 atom stereocenters. The third-order valence-electron chi connectivity index (χ3n) is 2.50. The summed E-state index contributed by atoms with van der Waals surface area (Å²) < 4.78 is 6.87. The molecular formula is C13H10BrClN2OS. The number of hydrogen-bond donors (Lipinski definition) is 1. The van der Waals surface area contributed by atoms with Gasteiger partial charge in [-0.3, -0.25) is 0 Å². The van der Waals surface area contributed by atoms with Crippen molar-refractivity contribution >= 4 is 44.6 Å². The van der Waals surface area contributed by atoms with Crippen LogP contribution in [0.3, 0.4) is 0 Å². The van der Waals surface area contributed by atoms with Crippen molar-refractivity contribution in [2.45, 2.75) is 6.54 Å². The van der Waals surface area contributed by atoms with Crippen molar-refractivity contribution in [1.29, 1.82) is 5.26 Å². The van der Waals surface area contributed by atoms with Gasteiger partial charge in [-0.2, -0.15) is 5.26 Å². The fourth-order valence-electron chi connectivity index (χ4n) is 1.63. The number of anilines is 1. The molecule has 0 saturated carbocycles. The molecule has 0 radical (unpaired) electrons. The monoisotopic (exact) mass is 356 g/mol. The van der Waals surface area contributed by atoms with Crippen molar-refractivity contribution in [3.05, 3.63) is 43.5 Å². The molecule has 0 aliphatic rings. The minimum atomic E-state index is 0.557. The molecular weight excluding hydrogens is 348 g/mol. The molecule has 0 aliphatic carbocycles. The van der Waals surface area contributed by atoms with E-state index in [4.69, 9.17) is 21.6 Å². The average molecular weight is 358 g/mol. The highest BCUT2D eigenvalue weighted by molar-refractivity contribution is 9.10. The fourth-order valence-corrected chi connectivity index (χ4v) is 3.36. The maximum Gasteiger partial charge on any atom is 0.143 e. The van der Waals surface area contributed by atoms with E-state index in [0.717, 1.165) is 13.7 Å². The van der Waals surface area contributed by atoms with Gasteiger partial charge in [0.2, 0.25) is 0 Å². The Morgan fingerprint density at radius 3 is 2.89 bits per heavy atom. The van der Waals surface area contributed by atoms with Crippen LogP contribution in [0.5, 0.6) is 5.75 Å². The third kappa shape index (κ3) is 3.21. The van der Waals surface area contributed by atoms with Crippen LogP contribution in [0.25, 0.3) is 0 Å². The summed E-state index contributed by atoms with van der Waals surface area (Å²) in [5.74, 6) is 0.653. The summed E-state index contributed by atoms with van der Waals surface area (Å²) in [6, 6.07) is 9.47. The van der Waals surface area contributed by atoms with Crippen molar-refractivity contribution in [3.8, 4) is 11.8 Å². The molecule has 0 bridgehead atoms. The average Bonchev–Trinajstić information content (AvgIpc) is 2.75. The largest absolute Gasteiger partial charge is 0.495 e. The lowest BCUT2D eigenvalue weighted by molar-refractivity contribution is 0.416. The zero-order chi connectivity index (χ0) is 13.8. The number of benzene rings is 1. The standard InChI is InChI=1S/C13H10BrClN2OS/c1-18-11-4-2-3-8(6-16)12(11)17-7-9-5-10(14)13(15)19-9/h2-5,17H,7H2,1H3. The predicted octanol–water partition coefficient (Wildman–Crippen LogP) is 4.66. The molecule has 0 aliphatic heterocycles. The van der Waals surface area contributed by atoms with Crippen molar-refractivity contribution in [3.63, 3.8) is 0 Å². The smallest absolute Gasteiger partial charge is 0.143 e. The first-order valence-electron chi connectivity index (χ1n) is 5.40. The summed E-state index contributed by atoms with van der Waals surface area (Å²) in [5.41, 5.74) is 1.26. The molecule has 0 spiro atoms.